The molecule has 2 rings (SSSR count). The summed E-state index contributed by atoms with van der Waals surface area (Å²) < 4.78 is 0. The molecule has 2 heterocycles. The van der Waals surface area contributed by atoms with Crippen LogP contribution in [-0.2, 0) is 4.79 Å². The summed E-state index contributed by atoms with van der Waals surface area (Å²) in [5.41, 5.74) is 0. The zero-order chi connectivity index (χ0) is 13.7. The minimum absolute atomic E-state index is 0.291. The van der Waals surface area contributed by atoms with E-state index in [1.165, 1.54) is 12.8 Å². The third kappa shape index (κ3) is 4.18. The molecule has 2 fully saturated rings. The highest BCUT2D eigenvalue weighted by Gasteiger charge is 2.29. The van der Waals surface area contributed by atoms with E-state index in [0.29, 0.717) is 11.8 Å². The van der Waals surface area contributed by atoms with Gasteiger partial charge in [0.25, 0.3) is 0 Å². The fraction of sp³-hybridized carbons (Fsp3) is 0.933. The molecule has 1 N–H and O–H groups in total. The van der Waals surface area contributed by atoms with Crippen molar-refractivity contribution >= 4 is 5.91 Å². The lowest BCUT2D eigenvalue weighted by molar-refractivity contribution is -0.138. The number of piperidine rings is 2. The highest BCUT2D eigenvalue weighted by Crippen LogP contribution is 2.23. The Morgan fingerprint density at radius 1 is 1.11 bits per heavy atom. The summed E-state index contributed by atoms with van der Waals surface area (Å²) in [4.78, 5) is 17.1. The molecule has 4 nitrogen and oxygen atoms in total. The highest BCUT2D eigenvalue weighted by atomic mass is 16.2. The monoisotopic (exact) mass is 267 g/mol. The lowest BCUT2D eigenvalue weighted by Gasteiger charge is -2.36. The first kappa shape index (κ1) is 14.8. The van der Waals surface area contributed by atoms with E-state index < -0.39 is 0 Å². The lowest BCUT2D eigenvalue weighted by Crippen LogP contribution is -2.46. The lowest BCUT2D eigenvalue weighted by atomic mass is 9.93. The van der Waals surface area contributed by atoms with E-state index in [4.69, 9.17) is 0 Å². The van der Waals surface area contributed by atoms with Crippen molar-refractivity contribution in [1.82, 2.24) is 15.1 Å². The second-order valence-corrected chi connectivity index (χ2v) is 6.23. The van der Waals surface area contributed by atoms with E-state index in [1.807, 2.05) is 7.05 Å². The first-order valence-corrected chi connectivity index (χ1v) is 7.86. The molecule has 2 aliphatic heterocycles. The molecule has 0 aromatic heterocycles. The maximum Gasteiger partial charge on any atom is 0.225 e. The minimum Gasteiger partial charge on any atom is -0.342 e. The van der Waals surface area contributed by atoms with Gasteiger partial charge >= 0.3 is 0 Å². The number of hydrogen-bond donors (Lipinski definition) is 1. The Labute approximate surface area is 117 Å². The van der Waals surface area contributed by atoms with Gasteiger partial charge in [0.1, 0.15) is 0 Å². The van der Waals surface area contributed by atoms with Crippen LogP contribution >= 0.6 is 0 Å². The molecule has 19 heavy (non-hydrogen) atoms. The summed E-state index contributed by atoms with van der Waals surface area (Å²) in [5, 5.41) is 3.19. The number of nitrogens with one attached hydrogen (secondary N) is 1. The van der Waals surface area contributed by atoms with Crippen LogP contribution in [0.3, 0.4) is 0 Å². The molecular weight excluding hydrogens is 238 g/mol. The van der Waals surface area contributed by atoms with Gasteiger partial charge in [-0.25, -0.2) is 0 Å². The first-order chi connectivity index (χ1) is 9.20. The maximum absolute atomic E-state index is 12.5. The summed E-state index contributed by atoms with van der Waals surface area (Å²) in [7, 11) is 1.99. The van der Waals surface area contributed by atoms with Gasteiger partial charge in [0.2, 0.25) is 5.91 Å². The highest BCUT2D eigenvalue weighted by molar-refractivity contribution is 5.79. The Morgan fingerprint density at radius 2 is 1.74 bits per heavy atom. The zero-order valence-corrected chi connectivity index (χ0v) is 12.5. The van der Waals surface area contributed by atoms with Gasteiger partial charge in [-0.15, -0.1) is 0 Å². The summed E-state index contributed by atoms with van der Waals surface area (Å²) in [6.07, 6.45) is 4.47. The van der Waals surface area contributed by atoms with Crippen molar-refractivity contribution < 1.29 is 4.79 Å². The molecule has 0 atom stereocenters. The Kier molecular flexibility index (Phi) is 5.64. The van der Waals surface area contributed by atoms with Gasteiger partial charge < -0.3 is 15.1 Å². The number of likely N-dealkylation sites (N-methyl/N-ethyl adjacent to an activating group) is 1. The average molecular weight is 267 g/mol. The Balaban J connectivity index is 1.73. The topological polar surface area (TPSA) is 35.6 Å². The van der Waals surface area contributed by atoms with Crippen LogP contribution in [0.2, 0.25) is 0 Å². The number of rotatable bonds is 4. The second-order valence-electron chi connectivity index (χ2n) is 6.23. The van der Waals surface area contributed by atoms with Gasteiger partial charge in [0.15, 0.2) is 0 Å². The molecule has 4 heteroatoms. The Hall–Kier alpha value is -0.610. The Morgan fingerprint density at radius 3 is 2.32 bits per heavy atom. The zero-order valence-electron chi connectivity index (χ0n) is 12.5. The molecule has 2 aliphatic rings. The summed E-state index contributed by atoms with van der Waals surface area (Å²) in [6.45, 7) is 8.59. The van der Waals surface area contributed by atoms with Crippen molar-refractivity contribution in [2.24, 2.45) is 11.8 Å². The van der Waals surface area contributed by atoms with E-state index in [1.54, 1.807) is 0 Å². The predicted molar refractivity (Wildman–Crippen MR) is 78.1 cm³/mol. The number of likely N-dealkylation sites (tertiary alicyclic amines) is 2. The fourth-order valence-electron chi connectivity index (χ4n) is 3.16. The van der Waals surface area contributed by atoms with E-state index in [-0.39, 0.29) is 0 Å². The van der Waals surface area contributed by atoms with Crippen LogP contribution < -0.4 is 5.32 Å². The van der Waals surface area contributed by atoms with Gasteiger partial charge in [-0.3, -0.25) is 4.79 Å². The fourth-order valence-corrected chi connectivity index (χ4v) is 3.16. The van der Waals surface area contributed by atoms with Gasteiger partial charge in [0, 0.05) is 32.1 Å². The number of amides is 1. The molecule has 0 saturated carbocycles. The van der Waals surface area contributed by atoms with Crippen LogP contribution in [0.5, 0.6) is 0 Å². The van der Waals surface area contributed by atoms with E-state index in [2.05, 4.69) is 22.0 Å². The molecule has 0 bridgehead atoms. The summed E-state index contributed by atoms with van der Waals surface area (Å²) in [6, 6.07) is 0. The second kappa shape index (κ2) is 7.25. The molecule has 0 aromatic carbocycles. The molecule has 0 aliphatic carbocycles. The molecule has 1 amide bonds. The minimum atomic E-state index is 0.291. The summed E-state index contributed by atoms with van der Waals surface area (Å²) >= 11 is 0. The number of hydrogen-bond acceptors (Lipinski definition) is 3. The van der Waals surface area contributed by atoms with Crippen LogP contribution in [0.15, 0.2) is 0 Å². The molecule has 2 saturated heterocycles. The van der Waals surface area contributed by atoms with Crippen LogP contribution in [0.1, 0.15) is 32.6 Å². The largest absolute Gasteiger partial charge is 0.342 e. The van der Waals surface area contributed by atoms with Crippen molar-refractivity contribution in [3.05, 3.63) is 0 Å². The van der Waals surface area contributed by atoms with Crippen molar-refractivity contribution in [1.29, 1.82) is 0 Å². The molecule has 110 valence electrons. The van der Waals surface area contributed by atoms with Gasteiger partial charge in [-0.2, -0.15) is 0 Å². The van der Waals surface area contributed by atoms with Crippen LogP contribution in [0.4, 0.5) is 0 Å². The van der Waals surface area contributed by atoms with Crippen LogP contribution in [0.25, 0.3) is 0 Å². The van der Waals surface area contributed by atoms with E-state index in [9.17, 15) is 4.79 Å². The van der Waals surface area contributed by atoms with Crippen LogP contribution in [-0.4, -0.2) is 62.0 Å². The summed E-state index contributed by atoms with van der Waals surface area (Å²) in [5.74, 6) is 1.52. The van der Waals surface area contributed by atoms with Crippen molar-refractivity contribution in [3.8, 4) is 0 Å². The average Bonchev–Trinajstić information content (AvgIpc) is 2.46. The third-order valence-corrected chi connectivity index (χ3v) is 4.71. The molecular formula is C15H29N3O. The van der Waals surface area contributed by atoms with E-state index >= 15 is 0 Å². The van der Waals surface area contributed by atoms with Crippen molar-refractivity contribution in [2.45, 2.75) is 32.6 Å². The van der Waals surface area contributed by atoms with Gasteiger partial charge in [-0.1, -0.05) is 6.92 Å². The van der Waals surface area contributed by atoms with E-state index in [0.717, 1.165) is 58.0 Å². The van der Waals surface area contributed by atoms with Crippen molar-refractivity contribution in [3.63, 3.8) is 0 Å². The predicted octanol–water partition coefficient (Wildman–Crippen LogP) is 1.18. The van der Waals surface area contributed by atoms with Crippen LogP contribution in [0, 0.1) is 11.8 Å². The first-order valence-electron chi connectivity index (χ1n) is 7.86. The number of carbonyl (C=O) groups is 1. The standard InChI is InChI=1S/C15H29N3O/c1-13-3-10-18(11-4-13)15(19)14-5-8-17(9-6-14)12-7-16-2/h13-14,16H,3-12H2,1-2H3. The quantitative estimate of drug-likeness (QED) is 0.831. The number of carbonyl (C=O) groups excluding carboxylic acids is 1. The molecule has 0 unspecified atom stereocenters. The smallest absolute Gasteiger partial charge is 0.225 e. The Bertz CT molecular complexity index is 279. The SMILES string of the molecule is CNCCN1CCC(C(=O)N2CCC(C)CC2)CC1. The number of nitrogens with zero attached hydrogens (tertiary/aromatic N) is 2. The van der Waals surface area contributed by atoms with Crippen molar-refractivity contribution in [2.75, 3.05) is 46.3 Å². The van der Waals surface area contributed by atoms with Gasteiger partial charge in [-0.05, 0) is 51.7 Å². The third-order valence-electron chi connectivity index (χ3n) is 4.71. The molecule has 0 spiro atoms. The molecule has 0 aromatic rings. The normalized spacial score (nSPS) is 23.8. The maximum atomic E-state index is 12.5. The molecule has 0 radical (unpaired) electrons. The van der Waals surface area contributed by atoms with Gasteiger partial charge in [0.05, 0.1) is 0 Å².